The van der Waals surface area contributed by atoms with E-state index in [1.165, 1.54) is 12.6 Å². The molecule has 0 aromatic carbocycles. The maximum Gasteiger partial charge on any atom is 0.158 e. The van der Waals surface area contributed by atoms with Crippen molar-refractivity contribution < 1.29 is 13.2 Å². The third-order valence-corrected chi connectivity index (χ3v) is 6.50. The van der Waals surface area contributed by atoms with Gasteiger partial charge < -0.3 is 9.64 Å². The van der Waals surface area contributed by atoms with Crippen LogP contribution in [0.3, 0.4) is 0 Å². The van der Waals surface area contributed by atoms with E-state index in [-0.39, 0.29) is 12.1 Å². The summed E-state index contributed by atoms with van der Waals surface area (Å²) in [5.41, 5.74) is 0.626. The van der Waals surface area contributed by atoms with Gasteiger partial charge in [-0.05, 0) is 26.7 Å². The van der Waals surface area contributed by atoms with Crippen molar-refractivity contribution in [3.05, 3.63) is 18.1 Å². The van der Waals surface area contributed by atoms with E-state index in [4.69, 9.17) is 4.74 Å². The summed E-state index contributed by atoms with van der Waals surface area (Å²) < 4.78 is 28.8. The van der Waals surface area contributed by atoms with E-state index >= 15 is 0 Å². The zero-order valence-electron chi connectivity index (χ0n) is 12.6. The minimum atomic E-state index is -3.15. The summed E-state index contributed by atoms with van der Waals surface area (Å²) in [5.74, 6) is 0.790. The molecule has 0 spiro atoms. The first-order chi connectivity index (χ1) is 9.85. The van der Waals surface area contributed by atoms with Crippen LogP contribution in [-0.2, 0) is 19.3 Å². The summed E-state index contributed by atoms with van der Waals surface area (Å²) in [5, 5.41) is 0. The Bertz CT molecular complexity index is 633. The largest absolute Gasteiger partial charge is 0.377 e. The molecule has 0 unspecified atom stereocenters. The fraction of sp³-hybridized carbons (Fsp3) is 0.714. The minimum absolute atomic E-state index is 0.213. The SMILES string of the molecule is C[C@@H]1COC[C@H](C)N1c1cc(C2(S(C)(=O)=O)CC2)ncn1. The number of aromatic nitrogens is 2. The number of sulfone groups is 1. The van der Waals surface area contributed by atoms with Crippen LogP contribution < -0.4 is 4.90 Å². The van der Waals surface area contributed by atoms with E-state index in [0.717, 1.165) is 5.82 Å². The summed E-state index contributed by atoms with van der Waals surface area (Å²) in [4.78, 5) is 10.8. The minimum Gasteiger partial charge on any atom is -0.377 e. The molecule has 2 atom stereocenters. The van der Waals surface area contributed by atoms with Crippen LogP contribution in [0.25, 0.3) is 0 Å². The van der Waals surface area contributed by atoms with Gasteiger partial charge in [0.05, 0.1) is 31.0 Å². The number of nitrogens with zero attached hydrogens (tertiary/aromatic N) is 3. The number of hydrogen-bond donors (Lipinski definition) is 0. The maximum absolute atomic E-state index is 12.0. The van der Waals surface area contributed by atoms with Crippen LogP contribution in [0.4, 0.5) is 5.82 Å². The van der Waals surface area contributed by atoms with Crippen LogP contribution in [0, 0.1) is 0 Å². The van der Waals surface area contributed by atoms with Crippen molar-refractivity contribution in [3.8, 4) is 0 Å². The highest BCUT2D eigenvalue weighted by Crippen LogP contribution is 2.51. The van der Waals surface area contributed by atoms with Gasteiger partial charge in [-0.15, -0.1) is 0 Å². The lowest BCUT2D eigenvalue weighted by Gasteiger charge is -2.39. The highest BCUT2D eigenvalue weighted by atomic mass is 32.2. The highest BCUT2D eigenvalue weighted by molar-refractivity contribution is 7.91. The van der Waals surface area contributed by atoms with E-state index in [9.17, 15) is 8.42 Å². The Labute approximate surface area is 125 Å². The van der Waals surface area contributed by atoms with Crippen LogP contribution in [0.5, 0.6) is 0 Å². The highest BCUT2D eigenvalue weighted by Gasteiger charge is 2.55. The Hall–Kier alpha value is -1.21. The molecule has 6 nitrogen and oxygen atoms in total. The summed E-state index contributed by atoms with van der Waals surface area (Å²) in [7, 11) is -3.15. The van der Waals surface area contributed by atoms with Gasteiger partial charge in [0, 0.05) is 12.3 Å². The van der Waals surface area contributed by atoms with E-state index in [2.05, 4.69) is 28.7 Å². The van der Waals surface area contributed by atoms with Gasteiger partial charge in [0.2, 0.25) is 0 Å². The van der Waals surface area contributed by atoms with Crippen LogP contribution in [0.1, 0.15) is 32.4 Å². The van der Waals surface area contributed by atoms with Crippen LogP contribution >= 0.6 is 0 Å². The van der Waals surface area contributed by atoms with Crippen molar-refractivity contribution in [2.45, 2.75) is 43.5 Å². The third kappa shape index (κ3) is 2.42. The first-order valence-corrected chi connectivity index (χ1v) is 9.12. The van der Waals surface area contributed by atoms with Gasteiger partial charge in [-0.1, -0.05) is 0 Å². The van der Waals surface area contributed by atoms with Gasteiger partial charge in [-0.2, -0.15) is 0 Å². The van der Waals surface area contributed by atoms with Gasteiger partial charge >= 0.3 is 0 Å². The van der Waals surface area contributed by atoms with Gasteiger partial charge in [0.25, 0.3) is 0 Å². The van der Waals surface area contributed by atoms with Crippen LogP contribution in [0.15, 0.2) is 12.4 Å². The monoisotopic (exact) mass is 311 g/mol. The molecule has 0 bridgehead atoms. The molecule has 1 aliphatic heterocycles. The third-order valence-electron chi connectivity index (χ3n) is 4.47. The van der Waals surface area contributed by atoms with Crippen molar-refractivity contribution in [3.63, 3.8) is 0 Å². The number of morpholine rings is 1. The molecule has 0 radical (unpaired) electrons. The Kier molecular flexibility index (Phi) is 3.44. The van der Waals surface area contributed by atoms with Crippen molar-refractivity contribution in [2.24, 2.45) is 0 Å². The van der Waals surface area contributed by atoms with E-state index in [1.807, 2.05) is 6.07 Å². The van der Waals surface area contributed by atoms with Crippen molar-refractivity contribution in [1.82, 2.24) is 9.97 Å². The van der Waals surface area contributed by atoms with Crippen molar-refractivity contribution in [2.75, 3.05) is 24.4 Å². The Morgan fingerprint density at radius 1 is 1.24 bits per heavy atom. The standard InChI is InChI=1S/C14H21N3O3S/c1-10-7-20-8-11(2)17(10)13-6-12(15-9-16-13)14(4-5-14)21(3,18)19/h6,9-11H,4-5,7-8H2,1-3H3/t10-,11+. The van der Waals surface area contributed by atoms with Gasteiger partial charge in [0.1, 0.15) is 16.9 Å². The average molecular weight is 311 g/mol. The zero-order chi connectivity index (χ0) is 15.3. The second-order valence-electron chi connectivity index (χ2n) is 6.17. The molecule has 116 valence electrons. The quantitative estimate of drug-likeness (QED) is 0.833. The fourth-order valence-electron chi connectivity index (χ4n) is 3.12. The van der Waals surface area contributed by atoms with Gasteiger partial charge in [-0.3, -0.25) is 0 Å². The second kappa shape index (κ2) is 4.91. The predicted octanol–water partition coefficient (Wildman–Crippen LogP) is 1.12. The summed E-state index contributed by atoms with van der Waals surface area (Å²) in [6.07, 6.45) is 4.07. The molecule has 0 amide bonds. The summed E-state index contributed by atoms with van der Waals surface area (Å²) >= 11 is 0. The topological polar surface area (TPSA) is 72.4 Å². The molecule has 1 aromatic heterocycles. The van der Waals surface area contributed by atoms with E-state index in [0.29, 0.717) is 31.7 Å². The molecule has 1 saturated heterocycles. The zero-order valence-corrected chi connectivity index (χ0v) is 13.4. The smallest absolute Gasteiger partial charge is 0.158 e. The Morgan fingerprint density at radius 3 is 2.38 bits per heavy atom. The lowest BCUT2D eigenvalue weighted by Crippen LogP contribution is -2.50. The molecule has 0 N–H and O–H groups in total. The molecule has 3 rings (SSSR count). The summed E-state index contributed by atoms with van der Waals surface area (Å²) in [6, 6.07) is 2.27. The number of hydrogen-bond acceptors (Lipinski definition) is 6. The molecule has 21 heavy (non-hydrogen) atoms. The average Bonchev–Trinajstić information content (AvgIpc) is 3.19. The van der Waals surface area contributed by atoms with Crippen molar-refractivity contribution in [1.29, 1.82) is 0 Å². The molecule has 1 aliphatic carbocycles. The molecule has 7 heteroatoms. The maximum atomic E-state index is 12.0. The fourth-order valence-corrected chi connectivity index (χ4v) is 4.46. The first-order valence-electron chi connectivity index (χ1n) is 7.23. The molecular formula is C14H21N3O3S. The van der Waals surface area contributed by atoms with Gasteiger partial charge in [0.15, 0.2) is 9.84 Å². The second-order valence-corrected chi connectivity index (χ2v) is 8.50. The molecule has 2 fully saturated rings. The lowest BCUT2D eigenvalue weighted by molar-refractivity contribution is 0.0752. The predicted molar refractivity (Wildman–Crippen MR) is 80.0 cm³/mol. The molecule has 1 saturated carbocycles. The van der Waals surface area contributed by atoms with Gasteiger partial charge in [-0.25, -0.2) is 18.4 Å². The number of rotatable bonds is 3. The van der Waals surface area contributed by atoms with Crippen molar-refractivity contribution >= 4 is 15.7 Å². The lowest BCUT2D eigenvalue weighted by atomic mass is 10.1. The number of anilines is 1. The normalized spacial score (nSPS) is 28.4. The van der Waals surface area contributed by atoms with E-state index in [1.54, 1.807) is 0 Å². The molecular weight excluding hydrogens is 290 g/mol. The van der Waals surface area contributed by atoms with Crippen LogP contribution in [-0.4, -0.2) is 49.9 Å². The van der Waals surface area contributed by atoms with E-state index < -0.39 is 14.6 Å². The Balaban J connectivity index is 1.98. The molecule has 1 aromatic rings. The van der Waals surface area contributed by atoms with Crippen LogP contribution in [0.2, 0.25) is 0 Å². The summed E-state index contributed by atoms with van der Waals surface area (Å²) in [6.45, 7) is 5.48. The molecule has 2 heterocycles. The first kappa shape index (κ1) is 14.7. The Morgan fingerprint density at radius 2 is 1.86 bits per heavy atom. The number of ether oxygens (including phenoxy) is 1. The molecule has 2 aliphatic rings.